The molecule has 1 unspecified atom stereocenters. The van der Waals surface area contributed by atoms with E-state index in [0.29, 0.717) is 23.4 Å². The lowest BCUT2D eigenvalue weighted by molar-refractivity contribution is -0.140. The lowest BCUT2D eigenvalue weighted by Crippen LogP contribution is -2.48. The van der Waals surface area contributed by atoms with Gasteiger partial charge in [0.25, 0.3) is 0 Å². The first-order chi connectivity index (χ1) is 16.3. The van der Waals surface area contributed by atoms with Crippen molar-refractivity contribution in [2.75, 3.05) is 25.0 Å². The Labute approximate surface area is 215 Å². The second kappa shape index (κ2) is 10.7. The normalized spacial score (nSPS) is 19.4. The number of rotatable bonds is 6. The average molecular weight is 499 g/mol. The van der Waals surface area contributed by atoms with Gasteiger partial charge in [0.05, 0.1) is 0 Å². The molecule has 0 bridgehead atoms. The molecule has 190 valence electrons. The van der Waals surface area contributed by atoms with Crippen LogP contribution in [-0.4, -0.2) is 48.6 Å². The molecule has 0 aromatic heterocycles. The molecule has 1 aromatic carbocycles. The number of allylic oxidation sites excluding steroid dienone is 4. The van der Waals surface area contributed by atoms with Crippen molar-refractivity contribution < 1.29 is 14.4 Å². The highest BCUT2D eigenvalue weighted by Gasteiger charge is 2.32. The predicted molar refractivity (Wildman–Crippen MR) is 143 cm³/mol. The van der Waals surface area contributed by atoms with E-state index < -0.39 is 0 Å². The van der Waals surface area contributed by atoms with E-state index in [9.17, 15) is 14.4 Å². The van der Waals surface area contributed by atoms with Crippen molar-refractivity contribution >= 4 is 34.8 Å². The quantitative estimate of drug-likeness (QED) is 0.439. The molecule has 5 nitrogen and oxygen atoms in total. The summed E-state index contributed by atoms with van der Waals surface area (Å²) in [6, 6.07) is 3.93. The second-order valence-corrected chi connectivity index (χ2v) is 11.6. The number of carbonyl (C=O) groups excluding carboxylic acids is 3. The van der Waals surface area contributed by atoms with E-state index in [1.54, 1.807) is 12.1 Å². The van der Waals surface area contributed by atoms with E-state index in [1.165, 1.54) is 0 Å². The average Bonchev–Trinajstić information content (AvgIpc) is 2.78. The molecule has 1 aliphatic carbocycles. The van der Waals surface area contributed by atoms with Crippen molar-refractivity contribution in [1.82, 2.24) is 4.90 Å². The third-order valence-corrected chi connectivity index (χ3v) is 7.56. The molecule has 1 aromatic rings. The largest absolute Gasteiger partial charge is 0.371 e. The van der Waals surface area contributed by atoms with Crippen LogP contribution in [0, 0.1) is 18.3 Å². The first-order valence-electron chi connectivity index (χ1n) is 12.6. The number of nitrogens with zero attached hydrogens (tertiary/aromatic N) is 2. The van der Waals surface area contributed by atoms with Crippen LogP contribution in [0.5, 0.6) is 0 Å². The summed E-state index contributed by atoms with van der Waals surface area (Å²) in [4.78, 5) is 42.5. The maximum absolute atomic E-state index is 13.2. The van der Waals surface area contributed by atoms with Gasteiger partial charge in [-0.25, -0.2) is 0 Å². The zero-order valence-corrected chi connectivity index (χ0v) is 23.0. The number of halogens is 1. The van der Waals surface area contributed by atoms with Crippen LogP contribution in [0.3, 0.4) is 0 Å². The van der Waals surface area contributed by atoms with Crippen molar-refractivity contribution in [2.45, 2.75) is 73.3 Å². The van der Waals surface area contributed by atoms with Gasteiger partial charge >= 0.3 is 0 Å². The smallest absolute Gasteiger partial charge is 0.227 e. The van der Waals surface area contributed by atoms with E-state index >= 15 is 0 Å². The Morgan fingerprint density at radius 3 is 2.29 bits per heavy atom. The topological polar surface area (TPSA) is 57.7 Å². The third kappa shape index (κ3) is 6.24. The van der Waals surface area contributed by atoms with Gasteiger partial charge in [0.15, 0.2) is 11.6 Å². The van der Waals surface area contributed by atoms with Crippen LogP contribution in [0.15, 0.2) is 35.4 Å². The van der Waals surface area contributed by atoms with Gasteiger partial charge in [-0.3, -0.25) is 14.4 Å². The molecule has 6 heteroatoms. The maximum atomic E-state index is 13.2. The molecule has 1 saturated heterocycles. The fraction of sp³-hybridized carbons (Fsp3) is 0.552. The van der Waals surface area contributed by atoms with Gasteiger partial charge in [-0.05, 0) is 69.4 Å². The summed E-state index contributed by atoms with van der Waals surface area (Å²) in [6.45, 7) is 13.2. The Bertz CT molecular complexity index is 1070. The lowest BCUT2D eigenvalue weighted by atomic mass is 9.84. The van der Waals surface area contributed by atoms with E-state index in [-0.39, 0.29) is 34.8 Å². The monoisotopic (exact) mass is 498 g/mol. The van der Waals surface area contributed by atoms with Crippen LogP contribution in [0.4, 0.5) is 5.69 Å². The summed E-state index contributed by atoms with van der Waals surface area (Å²) in [7, 11) is 2.04. The molecule has 35 heavy (non-hydrogen) atoms. The van der Waals surface area contributed by atoms with Crippen LogP contribution in [0.1, 0.15) is 76.2 Å². The Balaban J connectivity index is 1.71. The molecule has 1 atom stereocenters. The van der Waals surface area contributed by atoms with Gasteiger partial charge in [0.2, 0.25) is 5.91 Å². The SMILES string of the molecule is CC1=CC(=O)C(CCC(=O)c2cc(Cl)cc(N(C)C3CCN(C(=O)C(C)(C)C)CC3)c2C)C(C)=C1. The number of likely N-dealkylation sites (tertiary alicyclic amines) is 1. The lowest BCUT2D eigenvalue weighted by Gasteiger charge is -2.40. The summed E-state index contributed by atoms with van der Waals surface area (Å²) < 4.78 is 0. The first kappa shape index (κ1) is 27.2. The van der Waals surface area contributed by atoms with Gasteiger partial charge in [-0.15, -0.1) is 0 Å². The van der Waals surface area contributed by atoms with Gasteiger partial charge in [0, 0.05) is 60.2 Å². The summed E-state index contributed by atoms with van der Waals surface area (Å²) in [5, 5.41) is 0.532. The first-order valence-corrected chi connectivity index (χ1v) is 12.9. The van der Waals surface area contributed by atoms with Gasteiger partial charge in [-0.2, -0.15) is 0 Å². The Morgan fingerprint density at radius 2 is 1.71 bits per heavy atom. The van der Waals surface area contributed by atoms with E-state index in [0.717, 1.165) is 48.3 Å². The van der Waals surface area contributed by atoms with Crippen molar-refractivity contribution in [3.05, 3.63) is 51.6 Å². The van der Waals surface area contributed by atoms with Crippen molar-refractivity contribution in [3.63, 3.8) is 0 Å². The molecule has 1 amide bonds. The molecule has 0 N–H and O–H groups in total. The minimum atomic E-state index is -0.372. The van der Waals surface area contributed by atoms with Crippen molar-refractivity contribution in [3.8, 4) is 0 Å². The van der Waals surface area contributed by atoms with Gasteiger partial charge < -0.3 is 9.80 Å². The molecule has 0 radical (unpaired) electrons. The third-order valence-electron chi connectivity index (χ3n) is 7.34. The standard InChI is InChI=1S/C29H39ClN2O3/c1-18-14-19(2)23(27(34)15-18)8-9-26(33)24-16-21(30)17-25(20(24)3)31(7)22-10-12-32(13-11-22)28(35)29(4,5)6/h14-17,22-23H,8-13H2,1-7H3. The number of amides is 1. The molecule has 1 heterocycles. The summed E-state index contributed by atoms with van der Waals surface area (Å²) in [5.41, 5.74) is 4.09. The minimum absolute atomic E-state index is 0.0112. The molecular weight excluding hydrogens is 460 g/mol. The highest BCUT2D eigenvalue weighted by molar-refractivity contribution is 6.31. The van der Waals surface area contributed by atoms with Gasteiger partial charge in [0.1, 0.15) is 0 Å². The van der Waals surface area contributed by atoms with Gasteiger partial charge in [-0.1, -0.05) is 44.0 Å². The fourth-order valence-electron chi connectivity index (χ4n) is 5.28. The molecule has 1 aliphatic heterocycles. The second-order valence-electron chi connectivity index (χ2n) is 11.2. The molecule has 2 aliphatic rings. The number of piperidine rings is 1. The molecule has 0 spiro atoms. The number of anilines is 1. The van der Waals surface area contributed by atoms with E-state index in [2.05, 4.69) is 4.90 Å². The fourth-order valence-corrected chi connectivity index (χ4v) is 5.49. The number of benzene rings is 1. The summed E-state index contributed by atoms with van der Waals surface area (Å²) in [6.07, 6.45) is 6.23. The molecule has 0 saturated carbocycles. The Kier molecular flexibility index (Phi) is 8.31. The highest BCUT2D eigenvalue weighted by Crippen LogP contribution is 2.33. The molecule has 1 fully saturated rings. The maximum Gasteiger partial charge on any atom is 0.227 e. The number of carbonyl (C=O) groups is 3. The number of hydrogen-bond donors (Lipinski definition) is 0. The summed E-state index contributed by atoms with van der Waals surface area (Å²) in [5.74, 6) is 0.0508. The number of hydrogen-bond acceptors (Lipinski definition) is 4. The van der Waals surface area contributed by atoms with Crippen LogP contribution in [0.2, 0.25) is 5.02 Å². The zero-order chi connectivity index (χ0) is 26.1. The number of ketones is 2. The van der Waals surface area contributed by atoms with Crippen LogP contribution in [0.25, 0.3) is 0 Å². The highest BCUT2D eigenvalue weighted by atomic mass is 35.5. The van der Waals surface area contributed by atoms with Crippen LogP contribution >= 0.6 is 11.6 Å². The minimum Gasteiger partial charge on any atom is -0.371 e. The van der Waals surface area contributed by atoms with E-state index in [1.807, 2.05) is 65.6 Å². The van der Waals surface area contributed by atoms with Crippen molar-refractivity contribution in [2.24, 2.45) is 11.3 Å². The zero-order valence-electron chi connectivity index (χ0n) is 22.2. The van der Waals surface area contributed by atoms with E-state index in [4.69, 9.17) is 11.6 Å². The number of Topliss-reactive ketones (excluding diaryl/α,β-unsaturated/α-hetero) is 1. The van der Waals surface area contributed by atoms with Crippen LogP contribution in [-0.2, 0) is 9.59 Å². The predicted octanol–water partition coefficient (Wildman–Crippen LogP) is 6.18. The summed E-state index contributed by atoms with van der Waals surface area (Å²) >= 11 is 6.47. The Hall–Kier alpha value is -2.40. The molecule has 3 rings (SSSR count). The van der Waals surface area contributed by atoms with Crippen molar-refractivity contribution in [1.29, 1.82) is 0 Å². The van der Waals surface area contributed by atoms with Crippen LogP contribution < -0.4 is 4.90 Å². The molecular formula is C29H39ClN2O3. The Morgan fingerprint density at radius 1 is 1.09 bits per heavy atom.